The van der Waals surface area contributed by atoms with Crippen molar-refractivity contribution in [3.63, 3.8) is 0 Å². The molecule has 0 radical (unpaired) electrons. The van der Waals surface area contributed by atoms with E-state index in [-0.39, 0.29) is 16.3 Å². The molecule has 0 bridgehead atoms. The maximum atomic E-state index is 11.4. The van der Waals surface area contributed by atoms with Gasteiger partial charge >= 0.3 is 0 Å². The maximum absolute atomic E-state index is 11.4. The number of sulfonamides is 1. The third-order valence-electron chi connectivity index (χ3n) is 2.45. The van der Waals surface area contributed by atoms with E-state index in [9.17, 15) is 8.42 Å². The minimum atomic E-state index is -3.91. The Morgan fingerprint density at radius 1 is 1.15 bits per heavy atom. The molecule has 0 aliphatic heterocycles. The van der Waals surface area contributed by atoms with Crippen molar-refractivity contribution in [3.05, 3.63) is 45.9 Å². The molecule has 0 spiro atoms. The summed E-state index contributed by atoms with van der Waals surface area (Å²) < 4.78 is 29.1. The smallest absolute Gasteiger partial charge is 0.240 e. The van der Waals surface area contributed by atoms with E-state index in [0.29, 0.717) is 10.8 Å². The van der Waals surface area contributed by atoms with Gasteiger partial charge in [0.1, 0.15) is 10.6 Å². The van der Waals surface area contributed by atoms with Gasteiger partial charge in [0.2, 0.25) is 10.0 Å². The van der Waals surface area contributed by atoms with E-state index in [0.717, 1.165) is 4.47 Å². The molecule has 0 aliphatic rings. The fourth-order valence-electron chi connectivity index (χ4n) is 1.54. The Kier molecular flexibility index (Phi) is 4.24. The molecule has 106 valence electrons. The van der Waals surface area contributed by atoms with Gasteiger partial charge in [-0.15, -0.1) is 0 Å². The Morgan fingerprint density at radius 3 is 2.45 bits per heavy atom. The van der Waals surface area contributed by atoms with Crippen LogP contribution in [0.25, 0.3) is 0 Å². The lowest BCUT2D eigenvalue weighted by molar-refractivity contribution is 0.483. The number of nitrogen functional groups attached to an aromatic ring is 1. The number of hydrogen-bond acceptors (Lipinski definition) is 4. The summed E-state index contributed by atoms with van der Waals surface area (Å²) in [7, 11) is -3.91. The number of anilines is 1. The van der Waals surface area contributed by atoms with Gasteiger partial charge in [0.15, 0.2) is 5.75 Å². The normalized spacial score (nSPS) is 11.3. The summed E-state index contributed by atoms with van der Waals surface area (Å²) in [5.74, 6) is 0.522. The quantitative estimate of drug-likeness (QED) is 0.803. The molecule has 2 rings (SSSR count). The molecule has 0 amide bonds. The Labute approximate surface area is 129 Å². The molecule has 5 nitrogen and oxygen atoms in total. The summed E-state index contributed by atoms with van der Waals surface area (Å²) in [5.41, 5.74) is 5.70. The second kappa shape index (κ2) is 5.61. The van der Waals surface area contributed by atoms with Crippen molar-refractivity contribution in [3.8, 4) is 11.5 Å². The van der Waals surface area contributed by atoms with Crippen LogP contribution in [0.15, 0.2) is 45.8 Å². The molecule has 0 fully saturated rings. The number of halogens is 2. The highest BCUT2D eigenvalue weighted by Gasteiger charge is 2.16. The number of ether oxygens (including phenoxy) is 1. The molecule has 0 saturated carbocycles. The van der Waals surface area contributed by atoms with Crippen molar-refractivity contribution < 1.29 is 13.2 Å². The second-order valence-corrected chi connectivity index (χ2v) is 6.74. The van der Waals surface area contributed by atoms with Crippen LogP contribution in [-0.4, -0.2) is 8.42 Å². The molecule has 0 aliphatic carbocycles. The van der Waals surface area contributed by atoms with E-state index in [4.69, 9.17) is 27.2 Å². The molecule has 4 N–H and O–H groups in total. The molecular formula is C12H10BrClN2O3S. The van der Waals surface area contributed by atoms with E-state index in [1.807, 2.05) is 0 Å². The third kappa shape index (κ3) is 3.24. The van der Waals surface area contributed by atoms with Gasteiger partial charge < -0.3 is 10.5 Å². The van der Waals surface area contributed by atoms with Crippen LogP contribution in [-0.2, 0) is 10.0 Å². The molecule has 0 saturated heterocycles. The number of nitrogens with two attached hydrogens (primary N) is 2. The Hall–Kier alpha value is -1.28. The SMILES string of the molecule is Nc1c(Oc2ccc(Br)cc2Cl)cccc1S(N)(=O)=O. The number of benzene rings is 2. The highest BCUT2D eigenvalue weighted by atomic mass is 79.9. The zero-order valence-electron chi connectivity index (χ0n) is 10.0. The lowest BCUT2D eigenvalue weighted by Crippen LogP contribution is -2.14. The Bertz CT molecular complexity index is 765. The highest BCUT2D eigenvalue weighted by molar-refractivity contribution is 9.10. The molecule has 2 aromatic rings. The highest BCUT2D eigenvalue weighted by Crippen LogP contribution is 2.36. The average Bonchev–Trinajstić information content (AvgIpc) is 2.33. The van der Waals surface area contributed by atoms with Crippen molar-refractivity contribution >= 4 is 43.2 Å². The van der Waals surface area contributed by atoms with Crippen molar-refractivity contribution in [2.45, 2.75) is 4.90 Å². The van der Waals surface area contributed by atoms with Gasteiger partial charge in [-0.25, -0.2) is 13.6 Å². The van der Waals surface area contributed by atoms with Crippen molar-refractivity contribution in [2.24, 2.45) is 5.14 Å². The van der Waals surface area contributed by atoms with Gasteiger partial charge in [-0.05, 0) is 30.3 Å². The van der Waals surface area contributed by atoms with Crippen LogP contribution >= 0.6 is 27.5 Å². The van der Waals surface area contributed by atoms with Crippen molar-refractivity contribution in [1.82, 2.24) is 0 Å². The molecule has 0 unspecified atom stereocenters. The number of hydrogen-bond donors (Lipinski definition) is 2. The van der Waals surface area contributed by atoms with Crippen molar-refractivity contribution in [1.29, 1.82) is 0 Å². The minimum Gasteiger partial charge on any atom is -0.454 e. The van der Waals surface area contributed by atoms with E-state index in [2.05, 4.69) is 15.9 Å². The number of rotatable bonds is 3. The van der Waals surface area contributed by atoms with Crippen LogP contribution in [0, 0.1) is 0 Å². The van der Waals surface area contributed by atoms with Crippen molar-refractivity contribution in [2.75, 3.05) is 5.73 Å². The van der Waals surface area contributed by atoms with Crippen LogP contribution in [0.1, 0.15) is 0 Å². The summed E-state index contributed by atoms with van der Waals surface area (Å²) in [6.07, 6.45) is 0. The van der Waals surface area contributed by atoms with Gasteiger partial charge in [-0.3, -0.25) is 0 Å². The fourth-order valence-corrected chi connectivity index (χ4v) is 2.92. The standard InChI is InChI=1S/C12H10BrClN2O3S/c13-7-4-5-9(8(14)6-7)19-10-2-1-3-11(12(10)15)20(16,17)18/h1-6H,15H2,(H2,16,17,18). The van der Waals surface area contributed by atoms with Gasteiger partial charge in [0.05, 0.1) is 10.7 Å². The summed E-state index contributed by atoms with van der Waals surface area (Å²) >= 11 is 9.30. The van der Waals surface area contributed by atoms with Gasteiger partial charge in [-0.1, -0.05) is 33.6 Å². The second-order valence-electron chi connectivity index (χ2n) is 3.89. The molecule has 8 heteroatoms. The topological polar surface area (TPSA) is 95.4 Å². The first kappa shape index (κ1) is 15.1. The monoisotopic (exact) mass is 376 g/mol. The molecule has 0 atom stereocenters. The van der Waals surface area contributed by atoms with Crippen LogP contribution in [0.4, 0.5) is 5.69 Å². The van der Waals surface area contributed by atoms with E-state index < -0.39 is 10.0 Å². The zero-order valence-corrected chi connectivity index (χ0v) is 13.2. The summed E-state index contributed by atoms with van der Waals surface area (Å²) in [6, 6.07) is 9.34. The fraction of sp³-hybridized carbons (Fsp3) is 0. The molecule has 2 aromatic carbocycles. The van der Waals surface area contributed by atoms with E-state index >= 15 is 0 Å². The van der Waals surface area contributed by atoms with Gasteiger partial charge in [0.25, 0.3) is 0 Å². The first-order chi connectivity index (χ1) is 9.29. The Morgan fingerprint density at radius 2 is 1.85 bits per heavy atom. The summed E-state index contributed by atoms with van der Waals surface area (Å²) in [5, 5.41) is 5.43. The first-order valence-electron chi connectivity index (χ1n) is 5.33. The third-order valence-corrected chi connectivity index (χ3v) is 4.20. The Balaban J connectivity index is 2.45. The predicted molar refractivity (Wildman–Crippen MR) is 81.5 cm³/mol. The van der Waals surface area contributed by atoms with E-state index in [1.165, 1.54) is 18.2 Å². The van der Waals surface area contributed by atoms with Crippen LogP contribution in [0.3, 0.4) is 0 Å². The van der Waals surface area contributed by atoms with Crippen LogP contribution in [0.2, 0.25) is 5.02 Å². The van der Waals surface area contributed by atoms with Gasteiger partial charge in [0, 0.05) is 4.47 Å². The summed E-state index contributed by atoms with van der Waals surface area (Å²) in [4.78, 5) is -0.191. The molecular weight excluding hydrogens is 368 g/mol. The van der Waals surface area contributed by atoms with E-state index in [1.54, 1.807) is 18.2 Å². The average molecular weight is 378 g/mol. The number of primary sulfonamides is 1. The largest absolute Gasteiger partial charge is 0.454 e. The first-order valence-corrected chi connectivity index (χ1v) is 8.05. The zero-order chi connectivity index (χ0) is 14.9. The number of para-hydroxylation sites is 1. The molecule has 0 aromatic heterocycles. The lowest BCUT2D eigenvalue weighted by Gasteiger charge is -2.12. The lowest BCUT2D eigenvalue weighted by atomic mass is 10.3. The summed E-state index contributed by atoms with van der Waals surface area (Å²) in [6.45, 7) is 0. The van der Waals surface area contributed by atoms with Crippen LogP contribution in [0.5, 0.6) is 11.5 Å². The minimum absolute atomic E-state index is 0.0611. The molecule has 0 heterocycles. The van der Waals surface area contributed by atoms with Crippen LogP contribution < -0.4 is 15.6 Å². The maximum Gasteiger partial charge on any atom is 0.240 e. The predicted octanol–water partition coefficient (Wildman–Crippen LogP) is 3.12. The van der Waals surface area contributed by atoms with Gasteiger partial charge in [-0.2, -0.15) is 0 Å². The molecule has 20 heavy (non-hydrogen) atoms.